The zero-order valence-electron chi connectivity index (χ0n) is 10.7. The number of nitrogens with zero attached hydrogens (tertiary/aromatic N) is 1. The van der Waals surface area contributed by atoms with Crippen LogP contribution in [-0.2, 0) is 11.8 Å². The number of hydrogen-bond donors (Lipinski definition) is 1. The SMILES string of the molecule is CNC(CC(C)=O)c1ccc2oc(=O)n(C)c2c1. The van der Waals surface area contributed by atoms with Crippen LogP contribution in [0.5, 0.6) is 0 Å². The number of hydrogen-bond acceptors (Lipinski definition) is 4. The lowest BCUT2D eigenvalue weighted by Gasteiger charge is -2.14. The lowest BCUT2D eigenvalue weighted by molar-refractivity contribution is -0.117. The fraction of sp³-hybridized carbons (Fsp3) is 0.385. The highest BCUT2D eigenvalue weighted by Crippen LogP contribution is 2.21. The van der Waals surface area contributed by atoms with E-state index in [2.05, 4.69) is 5.32 Å². The molecule has 0 aliphatic heterocycles. The van der Waals surface area contributed by atoms with Gasteiger partial charge in [-0.3, -0.25) is 9.36 Å². The molecular formula is C13H16N2O3. The van der Waals surface area contributed by atoms with Gasteiger partial charge in [-0.25, -0.2) is 4.79 Å². The largest absolute Gasteiger partial charge is 0.419 e. The Hall–Kier alpha value is -1.88. The number of oxazole rings is 1. The van der Waals surface area contributed by atoms with E-state index in [0.29, 0.717) is 12.0 Å². The van der Waals surface area contributed by atoms with Gasteiger partial charge in [0.25, 0.3) is 0 Å². The molecule has 1 unspecified atom stereocenters. The number of benzene rings is 1. The van der Waals surface area contributed by atoms with Gasteiger partial charge in [-0.2, -0.15) is 0 Å². The van der Waals surface area contributed by atoms with E-state index in [9.17, 15) is 9.59 Å². The number of fused-ring (bicyclic) bond motifs is 1. The number of rotatable bonds is 4. The zero-order valence-corrected chi connectivity index (χ0v) is 10.7. The van der Waals surface area contributed by atoms with Gasteiger partial charge in [0.1, 0.15) is 5.78 Å². The average Bonchev–Trinajstić information content (AvgIpc) is 2.62. The highest BCUT2D eigenvalue weighted by atomic mass is 16.4. The molecule has 1 heterocycles. The first-order valence-electron chi connectivity index (χ1n) is 5.79. The third kappa shape index (κ3) is 2.22. The van der Waals surface area contributed by atoms with Gasteiger partial charge in [0.15, 0.2) is 5.58 Å². The summed E-state index contributed by atoms with van der Waals surface area (Å²) >= 11 is 0. The normalized spacial score (nSPS) is 12.8. The standard InChI is InChI=1S/C13H16N2O3/c1-8(16)6-10(14-2)9-4-5-12-11(7-9)15(3)13(17)18-12/h4-5,7,10,14H,6H2,1-3H3. The summed E-state index contributed by atoms with van der Waals surface area (Å²) in [6.45, 7) is 1.57. The maximum atomic E-state index is 11.4. The third-order valence-corrected chi connectivity index (χ3v) is 3.06. The van der Waals surface area contributed by atoms with E-state index in [1.54, 1.807) is 20.0 Å². The van der Waals surface area contributed by atoms with Gasteiger partial charge < -0.3 is 9.73 Å². The van der Waals surface area contributed by atoms with Gasteiger partial charge in [-0.05, 0) is 31.7 Å². The van der Waals surface area contributed by atoms with Gasteiger partial charge in [0, 0.05) is 19.5 Å². The van der Waals surface area contributed by atoms with Crippen molar-refractivity contribution in [3.05, 3.63) is 34.3 Å². The number of aryl methyl sites for hydroxylation is 1. The van der Waals surface area contributed by atoms with Gasteiger partial charge in [0.05, 0.1) is 5.52 Å². The van der Waals surface area contributed by atoms with E-state index in [-0.39, 0.29) is 17.6 Å². The van der Waals surface area contributed by atoms with Crippen molar-refractivity contribution in [3.63, 3.8) is 0 Å². The minimum Gasteiger partial charge on any atom is -0.408 e. The van der Waals surface area contributed by atoms with E-state index in [4.69, 9.17) is 4.42 Å². The molecule has 2 aromatic rings. The van der Waals surface area contributed by atoms with Gasteiger partial charge >= 0.3 is 5.76 Å². The number of carbonyl (C=O) groups is 1. The van der Waals surface area contributed by atoms with Crippen molar-refractivity contribution >= 4 is 16.9 Å². The Labute approximate surface area is 104 Å². The molecule has 0 spiro atoms. The third-order valence-electron chi connectivity index (χ3n) is 3.06. The lowest BCUT2D eigenvalue weighted by atomic mass is 10.0. The molecule has 5 heteroatoms. The molecule has 0 fully saturated rings. The second-order valence-electron chi connectivity index (χ2n) is 4.40. The smallest absolute Gasteiger partial charge is 0.408 e. The maximum Gasteiger partial charge on any atom is 0.419 e. The molecule has 0 amide bonds. The first-order chi connectivity index (χ1) is 8.52. The van der Waals surface area contributed by atoms with E-state index < -0.39 is 0 Å². The number of aromatic nitrogens is 1. The molecular weight excluding hydrogens is 232 g/mol. The molecule has 1 aromatic heterocycles. The van der Waals surface area contributed by atoms with Crippen LogP contribution < -0.4 is 11.1 Å². The molecule has 0 aliphatic rings. The van der Waals surface area contributed by atoms with Crippen molar-refractivity contribution in [2.45, 2.75) is 19.4 Å². The minimum atomic E-state index is -0.380. The quantitative estimate of drug-likeness (QED) is 0.887. The van der Waals surface area contributed by atoms with Crippen molar-refractivity contribution in [1.82, 2.24) is 9.88 Å². The van der Waals surface area contributed by atoms with E-state index in [1.807, 2.05) is 19.2 Å². The van der Waals surface area contributed by atoms with Crippen LogP contribution in [-0.4, -0.2) is 17.4 Å². The number of ketones is 1. The van der Waals surface area contributed by atoms with Crippen molar-refractivity contribution in [2.24, 2.45) is 7.05 Å². The van der Waals surface area contributed by atoms with E-state index >= 15 is 0 Å². The van der Waals surface area contributed by atoms with Crippen LogP contribution >= 0.6 is 0 Å². The maximum absolute atomic E-state index is 11.4. The van der Waals surface area contributed by atoms with Crippen LogP contribution in [0.4, 0.5) is 0 Å². The molecule has 96 valence electrons. The van der Waals surface area contributed by atoms with E-state index in [1.165, 1.54) is 4.57 Å². The van der Waals surface area contributed by atoms with E-state index in [0.717, 1.165) is 11.1 Å². The number of carbonyl (C=O) groups excluding carboxylic acids is 1. The Morgan fingerprint density at radius 3 is 2.83 bits per heavy atom. The fourth-order valence-electron chi connectivity index (χ4n) is 2.03. The minimum absolute atomic E-state index is 0.0445. The zero-order chi connectivity index (χ0) is 13.3. The Balaban J connectivity index is 2.48. The van der Waals surface area contributed by atoms with Crippen molar-refractivity contribution in [2.75, 3.05) is 7.05 Å². The summed E-state index contributed by atoms with van der Waals surface area (Å²) in [5.41, 5.74) is 2.27. The first-order valence-corrected chi connectivity index (χ1v) is 5.79. The highest BCUT2D eigenvalue weighted by molar-refractivity contribution is 5.77. The second kappa shape index (κ2) is 4.78. The molecule has 2 rings (SSSR count). The van der Waals surface area contributed by atoms with Crippen LogP contribution in [0, 0.1) is 0 Å². The molecule has 1 aromatic carbocycles. The Morgan fingerprint density at radius 2 is 2.22 bits per heavy atom. The molecule has 0 bridgehead atoms. The summed E-state index contributed by atoms with van der Waals surface area (Å²) in [5, 5.41) is 3.10. The summed E-state index contributed by atoms with van der Waals surface area (Å²) in [6, 6.07) is 5.47. The molecule has 0 saturated carbocycles. The predicted octanol–water partition coefficient (Wildman–Crippen LogP) is 1.37. The van der Waals surface area contributed by atoms with Crippen LogP contribution in [0.1, 0.15) is 24.9 Å². The van der Waals surface area contributed by atoms with Gasteiger partial charge in [-0.1, -0.05) is 6.07 Å². The van der Waals surface area contributed by atoms with Crippen molar-refractivity contribution in [3.8, 4) is 0 Å². The summed E-state index contributed by atoms with van der Waals surface area (Å²) in [7, 11) is 3.48. The molecule has 0 saturated heterocycles. The molecule has 1 atom stereocenters. The molecule has 5 nitrogen and oxygen atoms in total. The Morgan fingerprint density at radius 1 is 1.50 bits per heavy atom. The topological polar surface area (TPSA) is 64.2 Å². The average molecular weight is 248 g/mol. The Bertz CT molecular complexity index is 639. The molecule has 18 heavy (non-hydrogen) atoms. The van der Waals surface area contributed by atoms with Gasteiger partial charge in [0.2, 0.25) is 0 Å². The summed E-state index contributed by atoms with van der Waals surface area (Å²) < 4.78 is 6.53. The fourth-order valence-corrected chi connectivity index (χ4v) is 2.03. The van der Waals surface area contributed by atoms with Crippen molar-refractivity contribution < 1.29 is 9.21 Å². The predicted molar refractivity (Wildman–Crippen MR) is 68.6 cm³/mol. The van der Waals surface area contributed by atoms with Crippen LogP contribution in [0.15, 0.2) is 27.4 Å². The number of nitrogens with one attached hydrogen (secondary N) is 1. The van der Waals surface area contributed by atoms with Crippen LogP contribution in [0.3, 0.4) is 0 Å². The van der Waals surface area contributed by atoms with Crippen LogP contribution in [0.2, 0.25) is 0 Å². The lowest BCUT2D eigenvalue weighted by Crippen LogP contribution is -2.19. The monoisotopic (exact) mass is 248 g/mol. The molecule has 0 aliphatic carbocycles. The Kier molecular flexibility index (Phi) is 3.34. The van der Waals surface area contributed by atoms with Gasteiger partial charge in [-0.15, -0.1) is 0 Å². The number of Topliss-reactive ketones (excluding diaryl/α,β-unsaturated/α-hetero) is 1. The summed E-state index contributed by atoms with van der Waals surface area (Å²) in [4.78, 5) is 22.6. The van der Waals surface area contributed by atoms with Crippen molar-refractivity contribution in [1.29, 1.82) is 0 Å². The summed E-state index contributed by atoms with van der Waals surface area (Å²) in [5.74, 6) is -0.259. The molecule has 1 N–H and O–H groups in total. The summed E-state index contributed by atoms with van der Waals surface area (Å²) in [6.07, 6.45) is 0.424. The first kappa shape index (κ1) is 12.6. The second-order valence-corrected chi connectivity index (χ2v) is 4.40. The highest BCUT2D eigenvalue weighted by Gasteiger charge is 2.14. The molecule has 0 radical (unpaired) electrons. The van der Waals surface area contributed by atoms with Crippen LogP contribution in [0.25, 0.3) is 11.1 Å².